The van der Waals surface area contributed by atoms with Gasteiger partial charge in [0, 0.05) is 12.6 Å². The van der Waals surface area contributed by atoms with Gasteiger partial charge in [0.25, 0.3) is 0 Å². The van der Waals surface area contributed by atoms with E-state index in [-0.39, 0.29) is 0 Å². The molecule has 2 aromatic rings. The molecule has 0 N–H and O–H groups in total. The molecule has 0 fully saturated rings. The Morgan fingerprint density at radius 1 is 1.37 bits per heavy atom. The molecule has 0 atom stereocenters. The van der Waals surface area contributed by atoms with E-state index in [1.807, 2.05) is 19.1 Å². The van der Waals surface area contributed by atoms with Crippen molar-refractivity contribution in [3.8, 4) is 5.75 Å². The standard InChI is InChI=1S/C15H21ClN2O/c1-4-19-12-5-6-14-13(9-12)17-15(10-16)18(14)8-7-11(2)3/h5-6,9,11H,4,7-8,10H2,1-3H3. The molecule has 0 aliphatic heterocycles. The first-order valence-corrected chi connectivity index (χ1v) is 7.37. The lowest BCUT2D eigenvalue weighted by Crippen LogP contribution is -2.05. The van der Waals surface area contributed by atoms with E-state index in [0.717, 1.165) is 35.6 Å². The van der Waals surface area contributed by atoms with Crippen LogP contribution in [0.25, 0.3) is 11.0 Å². The van der Waals surface area contributed by atoms with Crippen molar-refractivity contribution in [2.75, 3.05) is 6.61 Å². The lowest BCUT2D eigenvalue weighted by molar-refractivity contribution is 0.340. The minimum Gasteiger partial charge on any atom is -0.494 e. The number of hydrogen-bond donors (Lipinski definition) is 0. The normalized spacial score (nSPS) is 11.4. The van der Waals surface area contributed by atoms with Gasteiger partial charge < -0.3 is 9.30 Å². The average Bonchev–Trinajstić information content (AvgIpc) is 2.73. The van der Waals surface area contributed by atoms with Gasteiger partial charge in [0.05, 0.1) is 23.5 Å². The number of aryl methyl sites for hydroxylation is 1. The second-order valence-electron chi connectivity index (χ2n) is 5.08. The van der Waals surface area contributed by atoms with Crippen molar-refractivity contribution in [2.24, 2.45) is 5.92 Å². The third-order valence-corrected chi connectivity index (χ3v) is 3.40. The molecule has 0 spiro atoms. The van der Waals surface area contributed by atoms with Crippen LogP contribution in [0.3, 0.4) is 0 Å². The van der Waals surface area contributed by atoms with Gasteiger partial charge in [0.1, 0.15) is 11.6 Å². The Morgan fingerprint density at radius 3 is 2.79 bits per heavy atom. The zero-order valence-electron chi connectivity index (χ0n) is 11.8. The number of aromatic nitrogens is 2. The van der Waals surface area contributed by atoms with Crippen LogP contribution in [0.15, 0.2) is 18.2 Å². The smallest absolute Gasteiger partial charge is 0.124 e. The predicted molar refractivity (Wildman–Crippen MR) is 79.9 cm³/mol. The summed E-state index contributed by atoms with van der Waals surface area (Å²) < 4.78 is 7.73. The predicted octanol–water partition coefficient (Wildman–Crippen LogP) is 4.22. The van der Waals surface area contributed by atoms with E-state index in [1.54, 1.807) is 0 Å². The Labute approximate surface area is 119 Å². The van der Waals surface area contributed by atoms with Gasteiger partial charge in [-0.1, -0.05) is 13.8 Å². The van der Waals surface area contributed by atoms with E-state index in [9.17, 15) is 0 Å². The zero-order valence-corrected chi connectivity index (χ0v) is 12.6. The number of rotatable bonds is 6. The fourth-order valence-corrected chi connectivity index (χ4v) is 2.36. The van der Waals surface area contributed by atoms with Crippen molar-refractivity contribution < 1.29 is 4.74 Å². The van der Waals surface area contributed by atoms with E-state index in [1.165, 1.54) is 0 Å². The van der Waals surface area contributed by atoms with Crippen LogP contribution in [0.2, 0.25) is 0 Å². The molecule has 0 amide bonds. The molecule has 3 nitrogen and oxygen atoms in total. The highest BCUT2D eigenvalue weighted by Gasteiger charge is 2.11. The van der Waals surface area contributed by atoms with Crippen molar-refractivity contribution in [3.63, 3.8) is 0 Å². The third kappa shape index (κ3) is 3.21. The second kappa shape index (κ2) is 6.29. The van der Waals surface area contributed by atoms with E-state index < -0.39 is 0 Å². The molecule has 1 heterocycles. The van der Waals surface area contributed by atoms with Crippen LogP contribution in [-0.4, -0.2) is 16.2 Å². The van der Waals surface area contributed by atoms with E-state index in [2.05, 4.69) is 29.5 Å². The molecule has 0 saturated heterocycles. The minimum atomic E-state index is 0.441. The van der Waals surface area contributed by atoms with Crippen molar-refractivity contribution in [1.82, 2.24) is 9.55 Å². The van der Waals surface area contributed by atoms with Crippen LogP contribution in [0.1, 0.15) is 33.0 Å². The summed E-state index contributed by atoms with van der Waals surface area (Å²) in [5.41, 5.74) is 2.10. The molecule has 4 heteroatoms. The summed E-state index contributed by atoms with van der Waals surface area (Å²) in [6.07, 6.45) is 1.13. The maximum atomic E-state index is 6.01. The van der Waals surface area contributed by atoms with Gasteiger partial charge in [0.2, 0.25) is 0 Å². The van der Waals surface area contributed by atoms with Crippen LogP contribution in [-0.2, 0) is 12.4 Å². The quantitative estimate of drug-likeness (QED) is 0.741. The first-order chi connectivity index (χ1) is 9.15. The monoisotopic (exact) mass is 280 g/mol. The van der Waals surface area contributed by atoms with Gasteiger partial charge in [0.15, 0.2) is 0 Å². The van der Waals surface area contributed by atoms with Gasteiger partial charge in [-0.2, -0.15) is 0 Å². The highest BCUT2D eigenvalue weighted by Crippen LogP contribution is 2.23. The number of hydrogen-bond acceptors (Lipinski definition) is 2. The number of ether oxygens (including phenoxy) is 1. The van der Waals surface area contributed by atoms with Crippen molar-refractivity contribution in [3.05, 3.63) is 24.0 Å². The highest BCUT2D eigenvalue weighted by molar-refractivity contribution is 6.16. The topological polar surface area (TPSA) is 27.1 Å². The maximum Gasteiger partial charge on any atom is 0.124 e. The third-order valence-electron chi connectivity index (χ3n) is 3.16. The van der Waals surface area contributed by atoms with E-state index >= 15 is 0 Å². The number of halogens is 1. The molecule has 0 aliphatic carbocycles. The van der Waals surface area contributed by atoms with Crippen LogP contribution in [0.4, 0.5) is 0 Å². The lowest BCUT2D eigenvalue weighted by atomic mass is 10.1. The molecule has 0 radical (unpaired) electrons. The van der Waals surface area contributed by atoms with Crippen molar-refractivity contribution >= 4 is 22.6 Å². The zero-order chi connectivity index (χ0) is 13.8. The van der Waals surface area contributed by atoms with Gasteiger partial charge in [-0.3, -0.25) is 0 Å². The molecule has 104 valence electrons. The molecule has 1 aromatic heterocycles. The Morgan fingerprint density at radius 2 is 2.16 bits per heavy atom. The number of benzene rings is 1. The Hall–Kier alpha value is -1.22. The highest BCUT2D eigenvalue weighted by atomic mass is 35.5. The maximum absolute atomic E-state index is 6.01. The van der Waals surface area contributed by atoms with Gasteiger partial charge >= 0.3 is 0 Å². The fourth-order valence-electron chi connectivity index (χ4n) is 2.15. The summed E-state index contributed by atoms with van der Waals surface area (Å²) >= 11 is 6.01. The number of nitrogens with zero attached hydrogens (tertiary/aromatic N) is 2. The van der Waals surface area contributed by atoms with Gasteiger partial charge in [-0.05, 0) is 31.4 Å². The number of alkyl halides is 1. The summed E-state index contributed by atoms with van der Waals surface area (Å²) in [6.45, 7) is 8.07. The van der Waals surface area contributed by atoms with Gasteiger partial charge in [-0.15, -0.1) is 11.6 Å². The van der Waals surface area contributed by atoms with E-state index in [4.69, 9.17) is 16.3 Å². The fraction of sp³-hybridized carbons (Fsp3) is 0.533. The van der Waals surface area contributed by atoms with Crippen molar-refractivity contribution in [2.45, 2.75) is 39.6 Å². The van der Waals surface area contributed by atoms with Gasteiger partial charge in [-0.25, -0.2) is 4.98 Å². The Kier molecular flexibility index (Phi) is 4.70. The summed E-state index contributed by atoms with van der Waals surface area (Å²) in [4.78, 5) is 4.60. The molecule has 0 saturated carbocycles. The Bertz CT molecular complexity index is 548. The number of fused-ring (bicyclic) bond motifs is 1. The van der Waals surface area contributed by atoms with Crippen LogP contribution >= 0.6 is 11.6 Å². The molecule has 19 heavy (non-hydrogen) atoms. The average molecular weight is 281 g/mol. The minimum absolute atomic E-state index is 0.441. The summed E-state index contributed by atoms with van der Waals surface area (Å²) in [6, 6.07) is 6.06. The molecule has 0 unspecified atom stereocenters. The number of imidazole rings is 1. The second-order valence-corrected chi connectivity index (χ2v) is 5.35. The molecular weight excluding hydrogens is 260 g/mol. The molecular formula is C15H21ClN2O. The van der Waals surface area contributed by atoms with Crippen LogP contribution < -0.4 is 4.74 Å². The van der Waals surface area contributed by atoms with Crippen LogP contribution in [0, 0.1) is 5.92 Å². The van der Waals surface area contributed by atoms with Crippen molar-refractivity contribution in [1.29, 1.82) is 0 Å². The Balaban J connectivity index is 2.37. The molecule has 1 aromatic carbocycles. The summed E-state index contributed by atoms with van der Waals surface area (Å²) in [5.74, 6) is 2.91. The summed E-state index contributed by atoms with van der Waals surface area (Å²) in [7, 11) is 0. The van der Waals surface area contributed by atoms with E-state index in [0.29, 0.717) is 18.4 Å². The molecule has 0 aliphatic rings. The largest absolute Gasteiger partial charge is 0.494 e. The lowest BCUT2D eigenvalue weighted by Gasteiger charge is -2.10. The molecule has 2 rings (SSSR count). The molecule has 0 bridgehead atoms. The summed E-state index contributed by atoms with van der Waals surface area (Å²) in [5, 5.41) is 0. The van der Waals surface area contributed by atoms with Crippen LogP contribution in [0.5, 0.6) is 5.75 Å². The first-order valence-electron chi connectivity index (χ1n) is 6.83. The first kappa shape index (κ1) is 14.2. The SMILES string of the molecule is CCOc1ccc2c(c1)nc(CCl)n2CCC(C)C.